The summed E-state index contributed by atoms with van der Waals surface area (Å²) in [7, 11) is 4.04. The number of benzene rings is 2. The number of hydrogen-bond acceptors (Lipinski definition) is 7. The molecular formula is C33H40N8O2. The molecule has 2 saturated heterocycles. The minimum Gasteiger partial charge on any atom is -0.368 e. The van der Waals surface area contributed by atoms with Crippen molar-refractivity contribution >= 4 is 34.8 Å². The van der Waals surface area contributed by atoms with Gasteiger partial charge in [0.1, 0.15) is 0 Å². The van der Waals surface area contributed by atoms with E-state index in [-0.39, 0.29) is 23.4 Å². The fourth-order valence-electron chi connectivity index (χ4n) is 6.07. The van der Waals surface area contributed by atoms with Crippen LogP contribution in [0.25, 0.3) is 5.65 Å². The molecule has 43 heavy (non-hydrogen) atoms. The number of nitrogens with zero attached hydrogens (tertiary/aromatic N) is 6. The Hall–Kier alpha value is -4.44. The number of carbonyl (C=O) groups is 2. The van der Waals surface area contributed by atoms with E-state index in [9.17, 15) is 9.59 Å². The van der Waals surface area contributed by atoms with Gasteiger partial charge in [-0.2, -0.15) is 4.98 Å². The van der Waals surface area contributed by atoms with Crippen LogP contribution in [0, 0.1) is 0 Å². The Morgan fingerprint density at radius 2 is 1.60 bits per heavy atom. The topological polar surface area (TPSA) is 98.1 Å². The number of amides is 2. The van der Waals surface area contributed by atoms with Gasteiger partial charge in [-0.1, -0.05) is 18.2 Å². The van der Waals surface area contributed by atoms with E-state index in [1.807, 2.05) is 78.8 Å². The first-order valence-corrected chi connectivity index (χ1v) is 15.1. The van der Waals surface area contributed by atoms with Crippen molar-refractivity contribution in [1.82, 2.24) is 29.7 Å². The van der Waals surface area contributed by atoms with Crippen LogP contribution in [0.1, 0.15) is 53.3 Å². The molecule has 10 heteroatoms. The molecule has 4 aromatic rings. The number of hydrogen-bond donors (Lipinski definition) is 2. The molecule has 0 saturated carbocycles. The third-order valence-corrected chi connectivity index (χ3v) is 8.94. The summed E-state index contributed by atoms with van der Waals surface area (Å²) < 4.78 is 1.79. The van der Waals surface area contributed by atoms with E-state index in [1.54, 1.807) is 4.52 Å². The molecule has 0 unspecified atom stereocenters. The summed E-state index contributed by atoms with van der Waals surface area (Å²) >= 11 is 0. The molecular weight excluding hydrogens is 540 g/mol. The molecule has 0 spiro atoms. The number of fused-ring (bicyclic) bond motifs is 1. The molecule has 6 rings (SSSR count). The lowest BCUT2D eigenvalue weighted by Gasteiger charge is -2.41. The van der Waals surface area contributed by atoms with E-state index in [4.69, 9.17) is 4.98 Å². The van der Waals surface area contributed by atoms with E-state index in [1.165, 1.54) is 0 Å². The van der Waals surface area contributed by atoms with Crippen molar-refractivity contribution in [2.24, 2.45) is 0 Å². The zero-order valence-corrected chi connectivity index (χ0v) is 25.2. The standard InChI is InChI=1S/C33H40N8O2/c1-33(36-30(42)24-8-5-4-6-9-24)17-22-40(23-18-33)28-10-7-19-41-29(28)35-32(37-41)34-26-13-11-25(12-14-26)31(43)39(3)27-15-20-38(2)21-16-27/h4-14,19,27H,15-18,20-23H2,1-3H3,(H,34,37)(H,36,42). The molecule has 2 N–H and O–H groups in total. The van der Waals surface area contributed by atoms with Crippen molar-refractivity contribution in [2.75, 3.05) is 50.5 Å². The second kappa shape index (κ2) is 12.0. The molecule has 2 aliphatic heterocycles. The molecule has 224 valence electrons. The summed E-state index contributed by atoms with van der Waals surface area (Å²) in [5.41, 5.74) is 3.68. The van der Waals surface area contributed by atoms with Gasteiger partial charge in [-0.05, 0) is 101 Å². The van der Waals surface area contributed by atoms with Gasteiger partial charge >= 0.3 is 0 Å². The van der Waals surface area contributed by atoms with Crippen LogP contribution >= 0.6 is 0 Å². The van der Waals surface area contributed by atoms with Gasteiger partial charge in [0, 0.05) is 54.7 Å². The van der Waals surface area contributed by atoms with Crippen molar-refractivity contribution in [2.45, 2.75) is 44.2 Å². The average molecular weight is 581 g/mol. The third-order valence-electron chi connectivity index (χ3n) is 8.94. The molecule has 10 nitrogen and oxygen atoms in total. The number of anilines is 3. The van der Waals surface area contributed by atoms with E-state index in [0.29, 0.717) is 17.1 Å². The molecule has 2 fully saturated rings. The summed E-state index contributed by atoms with van der Waals surface area (Å²) in [6.45, 7) is 5.74. The SMILES string of the molecule is CN1CCC(N(C)C(=O)c2ccc(Nc3nc4c(N5CCC(C)(NC(=O)c6ccccc6)CC5)cccn4n3)cc2)CC1. The summed E-state index contributed by atoms with van der Waals surface area (Å²) in [5, 5.41) is 11.2. The Morgan fingerprint density at radius 3 is 2.30 bits per heavy atom. The van der Waals surface area contributed by atoms with E-state index >= 15 is 0 Å². The maximum atomic E-state index is 13.1. The molecule has 2 aromatic heterocycles. The van der Waals surface area contributed by atoms with Crippen molar-refractivity contribution in [3.05, 3.63) is 84.1 Å². The van der Waals surface area contributed by atoms with Gasteiger partial charge in [0.15, 0.2) is 5.65 Å². The zero-order valence-electron chi connectivity index (χ0n) is 25.2. The molecule has 0 aliphatic carbocycles. The quantitative estimate of drug-likeness (QED) is 0.334. The summed E-state index contributed by atoms with van der Waals surface area (Å²) in [5.74, 6) is 0.509. The van der Waals surface area contributed by atoms with Crippen molar-refractivity contribution < 1.29 is 9.59 Å². The van der Waals surface area contributed by atoms with Gasteiger partial charge < -0.3 is 25.3 Å². The zero-order chi connectivity index (χ0) is 30.0. The lowest BCUT2D eigenvalue weighted by atomic mass is 9.89. The maximum Gasteiger partial charge on any atom is 0.253 e. The van der Waals surface area contributed by atoms with Crippen molar-refractivity contribution in [1.29, 1.82) is 0 Å². The smallest absolute Gasteiger partial charge is 0.253 e. The number of nitrogens with one attached hydrogen (secondary N) is 2. The van der Waals surface area contributed by atoms with Gasteiger partial charge in [-0.25, -0.2) is 4.52 Å². The van der Waals surface area contributed by atoms with Gasteiger partial charge in [0.25, 0.3) is 11.8 Å². The van der Waals surface area contributed by atoms with E-state index < -0.39 is 0 Å². The van der Waals surface area contributed by atoms with Crippen LogP contribution in [0.15, 0.2) is 72.9 Å². The van der Waals surface area contributed by atoms with Crippen LogP contribution in [-0.4, -0.2) is 88.1 Å². The van der Waals surface area contributed by atoms with Crippen LogP contribution in [0.3, 0.4) is 0 Å². The highest BCUT2D eigenvalue weighted by Crippen LogP contribution is 2.29. The monoisotopic (exact) mass is 580 g/mol. The first kappa shape index (κ1) is 28.7. The number of aromatic nitrogens is 3. The number of carbonyl (C=O) groups excluding carboxylic acids is 2. The Balaban J connectivity index is 1.09. The highest BCUT2D eigenvalue weighted by Gasteiger charge is 2.33. The average Bonchev–Trinajstić information content (AvgIpc) is 3.44. The number of piperidine rings is 2. The van der Waals surface area contributed by atoms with Crippen LogP contribution in [0.5, 0.6) is 0 Å². The number of pyridine rings is 1. The Morgan fingerprint density at radius 1 is 0.907 bits per heavy atom. The Bertz CT molecular complexity index is 1570. The van der Waals surface area contributed by atoms with Crippen LogP contribution in [0.4, 0.5) is 17.3 Å². The van der Waals surface area contributed by atoms with Crippen LogP contribution in [-0.2, 0) is 0 Å². The lowest BCUT2D eigenvalue weighted by molar-refractivity contribution is 0.0659. The molecule has 0 bridgehead atoms. The summed E-state index contributed by atoms with van der Waals surface area (Å²) in [6, 6.07) is 21.2. The molecule has 0 radical (unpaired) electrons. The van der Waals surface area contributed by atoms with E-state index in [2.05, 4.69) is 45.6 Å². The predicted molar refractivity (Wildman–Crippen MR) is 169 cm³/mol. The summed E-state index contributed by atoms with van der Waals surface area (Å²) in [6.07, 6.45) is 5.54. The van der Waals surface area contributed by atoms with Crippen molar-refractivity contribution in [3.8, 4) is 0 Å². The van der Waals surface area contributed by atoms with Crippen LogP contribution < -0.4 is 15.5 Å². The number of likely N-dealkylation sites (tertiary alicyclic amines) is 1. The highest BCUT2D eigenvalue weighted by molar-refractivity contribution is 5.95. The van der Waals surface area contributed by atoms with Crippen molar-refractivity contribution in [3.63, 3.8) is 0 Å². The molecule has 0 atom stereocenters. The first-order chi connectivity index (χ1) is 20.8. The molecule has 2 amide bonds. The fraction of sp³-hybridized carbons (Fsp3) is 0.394. The van der Waals surface area contributed by atoms with Gasteiger partial charge in [-0.15, -0.1) is 5.10 Å². The normalized spacial score (nSPS) is 17.5. The third kappa shape index (κ3) is 6.34. The highest BCUT2D eigenvalue weighted by atomic mass is 16.2. The fourth-order valence-corrected chi connectivity index (χ4v) is 6.07. The molecule has 2 aliphatic rings. The first-order valence-electron chi connectivity index (χ1n) is 15.1. The minimum absolute atomic E-state index is 0.0338. The predicted octanol–water partition coefficient (Wildman–Crippen LogP) is 4.43. The second-order valence-corrected chi connectivity index (χ2v) is 12.1. The molecule has 4 heterocycles. The molecule has 2 aromatic carbocycles. The summed E-state index contributed by atoms with van der Waals surface area (Å²) in [4.78, 5) is 37.2. The lowest BCUT2D eigenvalue weighted by Crippen LogP contribution is -2.53. The minimum atomic E-state index is -0.273. The Labute approximate surface area is 252 Å². The van der Waals surface area contributed by atoms with Gasteiger partial charge in [0.2, 0.25) is 5.95 Å². The second-order valence-electron chi connectivity index (χ2n) is 12.1. The largest absolute Gasteiger partial charge is 0.368 e. The number of rotatable bonds is 7. The van der Waals surface area contributed by atoms with Gasteiger partial charge in [0.05, 0.1) is 5.69 Å². The van der Waals surface area contributed by atoms with Gasteiger partial charge in [-0.3, -0.25) is 9.59 Å². The van der Waals surface area contributed by atoms with Crippen LogP contribution in [0.2, 0.25) is 0 Å². The Kier molecular flexibility index (Phi) is 8.03. The van der Waals surface area contributed by atoms with E-state index in [0.717, 1.165) is 68.9 Å². The maximum absolute atomic E-state index is 13.1.